The highest BCUT2D eigenvalue weighted by atomic mass is 19.1. The van der Waals surface area contributed by atoms with Crippen molar-refractivity contribution in [2.24, 2.45) is 5.92 Å². The maximum Gasteiger partial charge on any atom is 0.157 e. The van der Waals surface area contributed by atoms with Crippen molar-refractivity contribution >= 4 is 5.78 Å². The molecule has 0 spiro atoms. The normalized spacial score (nSPS) is 26.1. The Morgan fingerprint density at radius 1 is 1.38 bits per heavy atom. The number of nitrogens with zero attached hydrogens (tertiary/aromatic N) is 1. The number of Topliss-reactive ketones (excluding diaryl/α,β-unsaturated/α-hetero) is 1. The summed E-state index contributed by atoms with van der Waals surface area (Å²) in [4.78, 5) is 14.8. The van der Waals surface area contributed by atoms with Gasteiger partial charge in [-0.3, -0.25) is 9.69 Å². The summed E-state index contributed by atoms with van der Waals surface area (Å²) in [5.41, 5.74) is -0.237. The highest BCUT2D eigenvalue weighted by Gasteiger charge is 2.43. The van der Waals surface area contributed by atoms with Gasteiger partial charge >= 0.3 is 0 Å². The fourth-order valence-corrected chi connectivity index (χ4v) is 3.43. The van der Waals surface area contributed by atoms with E-state index >= 15 is 0 Å². The van der Waals surface area contributed by atoms with E-state index in [0.717, 1.165) is 31.7 Å². The first-order valence-electron chi connectivity index (χ1n) is 7.50. The lowest BCUT2D eigenvalue weighted by molar-refractivity contribution is -0.132. The van der Waals surface area contributed by atoms with Crippen LogP contribution in [0.3, 0.4) is 0 Å². The van der Waals surface area contributed by atoms with Crippen LogP contribution in [-0.4, -0.2) is 30.3 Å². The van der Waals surface area contributed by atoms with Crippen LogP contribution in [-0.2, 0) is 11.2 Å². The van der Waals surface area contributed by atoms with Gasteiger partial charge in [0.05, 0.1) is 5.54 Å². The molecule has 2 atom stereocenters. The topological polar surface area (TPSA) is 20.3 Å². The number of hydrogen-bond acceptors (Lipinski definition) is 2. The number of benzene rings is 1. The molecule has 0 aromatic heterocycles. The first kappa shape index (κ1) is 16.1. The number of ketones is 1. The Bertz CT molecular complexity index is 530. The van der Waals surface area contributed by atoms with E-state index in [2.05, 4.69) is 6.92 Å². The van der Waals surface area contributed by atoms with Crippen molar-refractivity contribution < 1.29 is 13.6 Å². The Kier molecular flexibility index (Phi) is 4.77. The smallest absolute Gasteiger partial charge is 0.157 e. The molecule has 0 N–H and O–H groups in total. The molecule has 1 fully saturated rings. The van der Waals surface area contributed by atoms with E-state index in [4.69, 9.17) is 0 Å². The minimum absolute atomic E-state index is 0.0248. The van der Waals surface area contributed by atoms with Crippen molar-refractivity contribution in [2.75, 3.05) is 14.1 Å². The number of carbonyl (C=O) groups excluding carboxylic acids is 1. The van der Waals surface area contributed by atoms with Crippen molar-refractivity contribution in [3.8, 4) is 0 Å². The lowest BCUT2D eigenvalue weighted by Crippen LogP contribution is -2.54. The predicted molar refractivity (Wildman–Crippen MR) is 79.1 cm³/mol. The van der Waals surface area contributed by atoms with Gasteiger partial charge in [-0.2, -0.15) is 0 Å². The fraction of sp³-hybridized carbons (Fsp3) is 0.588. The first-order chi connectivity index (χ1) is 9.85. The minimum atomic E-state index is -0.638. The summed E-state index contributed by atoms with van der Waals surface area (Å²) < 4.78 is 26.7. The summed E-state index contributed by atoms with van der Waals surface area (Å²) >= 11 is 0. The molecule has 116 valence electrons. The number of hydrogen-bond donors (Lipinski definition) is 0. The van der Waals surface area contributed by atoms with Gasteiger partial charge in [0.1, 0.15) is 11.6 Å². The molecule has 0 radical (unpaired) electrons. The summed E-state index contributed by atoms with van der Waals surface area (Å²) in [5.74, 6) is -0.730. The minimum Gasteiger partial charge on any atom is -0.297 e. The molecule has 1 aromatic rings. The van der Waals surface area contributed by atoms with Gasteiger partial charge in [-0.25, -0.2) is 8.78 Å². The molecule has 0 amide bonds. The monoisotopic (exact) mass is 295 g/mol. The van der Waals surface area contributed by atoms with Crippen LogP contribution in [0.2, 0.25) is 0 Å². The highest BCUT2D eigenvalue weighted by Crippen LogP contribution is 2.37. The summed E-state index contributed by atoms with van der Waals surface area (Å²) in [6.45, 7) is 2.16. The van der Waals surface area contributed by atoms with Gasteiger partial charge < -0.3 is 0 Å². The second-order valence-electron chi connectivity index (χ2n) is 6.46. The molecule has 0 bridgehead atoms. The zero-order valence-electron chi connectivity index (χ0n) is 13.0. The Labute approximate surface area is 125 Å². The largest absolute Gasteiger partial charge is 0.297 e. The standard InChI is InChI=1S/C17H23F2NO/c1-12-5-4-8-17(11-12,20(2)3)16(21)9-13-6-7-14(18)10-15(13)19/h6-7,10,12H,4-5,8-9,11H2,1-3H3. The van der Waals surface area contributed by atoms with Gasteiger partial charge in [-0.05, 0) is 44.5 Å². The van der Waals surface area contributed by atoms with E-state index in [-0.39, 0.29) is 17.8 Å². The van der Waals surface area contributed by atoms with E-state index in [1.165, 1.54) is 12.1 Å². The van der Waals surface area contributed by atoms with Gasteiger partial charge in [-0.1, -0.05) is 25.8 Å². The van der Waals surface area contributed by atoms with Gasteiger partial charge in [0.2, 0.25) is 0 Å². The maximum absolute atomic E-state index is 13.8. The molecule has 0 heterocycles. The lowest BCUT2D eigenvalue weighted by atomic mass is 9.72. The molecule has 0 aliphatic heterocycles. The predicted octanol–water partition coefficient (Wildman–Crippen LogP) is 3.59. The van der Waals surface area contributed by atoms with E-state index in [1.807, 2.05) is 19.0 Å². The molecule has 2 rings (SSSR count). The van der Waals surface area contributed by atoms with E-state index < -0.39 is 17.2 Å². The fourth-order valence-electron chi connectivity index (χ4n) is 3.43. The zero-order valence-corrected chi connectivity index (χ0v) is 13.0. The average Bonchev–Trinajstić information content (AvgIpc) is 2.41. The Balaban J connectivity index is 2.23. The number of carbonyl (C=O) groups is 1. The van der Waals surface area contributed by atoms with Crippen LogP contribution in [0.4, 0.5) is 8.78 Å². The quantitative estimate of drug-likeness (QED) is 0.846. The number of halogens is 2. The molecular formula is C17H23F2NO. The van der Waals surface area contributed by atoms with E-state index in [9.17, 15) is 13.6 Å². The maximum atomic E-state index is 13.8. The molecule has 2 unspecified atom stereocenters. The Morgan fingerprint density at radius 3 is 2.67 bits per heavy atom. The SMILES string of the molecule is CC1CCCC(C(=O)Cc2ccc(F)cc2F)(N(C)C)C1. The third kappa shape index (κ3) is 3.31. The molecule has 2 nitrogen and oxygen atoms in total. The van der Waals surface area contributed by atoms with Gasteiger partial charge in [0, 0.05) is 12.5 Å². The number of likely N-dealkylation sites (N-methyl/N-ethyl adjacent to an activating group) is 1. The molecule has 21 heavy (non-hydrogen) atoms. The Hall–Kier alpha value is -1.29. The van der Waals surface area contributed by atoms with Crippen molar-refractivity contribution in [2.45, 2.75) is 44.6 Å². The van der Waals surface area contributed by atoms with E-state index in [0.29, 0.717) is 5.92 Å². The molecule has 1 aliphatic rings. The molecule has 1 aliphatic carbocycles. The van der Waals surface area contributed by atoms with Crippen molar-refractivity contribution in [3.05, 3.63) is 35.4 Å². The summed E-state index contributed by atoms with van der Waals surface area (Å²) in [6.07, 6.45) is 3.79. The van der Waals surface area contributed by atoms with Crippen LogP contribution < -0.4 is 0 Å². The lowest BCUT2D eigenvalue weighted by Gasteiger charge is -2.44. The van der Waals surface area contributed by atoms with Crippen LogP contribution in [0.25, 0.3) is 0 Å². The average molecular weight is 295 g/mol. The molecular weight excluding hydrogens is 272 g/mol. The van der Waals surface area contributed by atoms with Gasteiger partial charge in [0.25, 0.3) is 0 Å². The molecule has 0 saturated heterocycles. The van der Waals surface area contributed by atoms with Gasteiger partial charge in [0.15, 0.2) is 5.78 Å². The van der Waals surface area contributed by atoms with Crippen molar-refractivity contribution in [3.63, 3.8) is 0 Å². The summed E-state index contributed by atoms with van der Waals surface area (Å²) in [7, 11) is 3.83. The van der Waals surface area contributed by atoms with Crippen molar-refractivity contribution in [1.29, 1.82) is 0 Å². The van der Waals surface area contributed by atoms with Gasteiger partial charge in [-0.15, -0.1) is 0 Å². The van der Waals surface area contributed by atoms with Crippen LogP contribution in [0, 0.1) is 17.6 Å². The first-order valence-corrected chi connectivity index (χ1v) is 7.50. The van der Waals surface area contributed by atoms with Crippen LogP contribution in [0.15, 0.2) is 18.2 Å². The molecule has 1 aromatic carbocycles. The molecule has 4 heteroatoms. The van der Waals surface area contributed by atoms with Crippen LogP contribution >= 0.6 is 0 Å². The van der Waals surface area contributed by atoms with E-state index in [1.54, 1.807) is 0 Å². The van der Waals surface area contributed by atoms with Crippen molar-refractivity contribution in [1.82, 2.24) is 4.90 Å². The Morgan fingerprint density at radius 2 is 2.10 bits per heavy atom. The summed E-state index contributed by atoms with van der Waals surface area (Å²) in [5, 5.41) is 0. The third-order valence-electron chi connectivity index (χ3n) is 4.71. The van der Waals surface area contributed by atoms with Crippen LogP contribution in [0.1, 0.15) is 38.2 Å². The second-order valence-corrected chi connectivity index (χ2v) is 6.46. The second kappa shape index (κ2) is 6.22. The third-order valence-corrected chi connectivity index (χ3v) is 4.71. The highest BCUT2D eigenvalue weighted by molar-refractivity contribution is 5.90. The zero-order chi connectivity index (χ0) is 15.6. The summed E-state index contributed by atoms with van der Waals surface area (Å²) in [6, 6.07) is 3.42. The van der Waals surface area contributed by atoms with Crippen LogP contribution in [0.5, 0.6) is 0 Å². The molecule has 1 saturated carbocycles. The number of rotatable bonds is 4.